The number of benzene rings is 1. The van der Waals surface area contributed by atoms with Gasteiger partial charge in [-0.1, -0.05) is 17.0 Å². The largest absolute Gasteiger partial charge is 0.384 e. The highest BCUT2D eigenvalue weighted by atomic mass is 16.5. The second-order valence-corrected chi connectivity index (χ2v) is 4.21. The summed E-state index contributed by atoms with van der Waals surface area (Å²) in [4.78, 5) is 12.0. The Morgan fingerprint density at radius 1 is 1.45 bits per heavy atom. The molecule has 1 heterocycles. The van der Waals surface area contributed by atoms with E-state index in [0.717, 1.165) is 5.56 Å². The summed E-state index contributed by atoms with van der Waals surface area (Å²) in [6, 6.07) is 7.01. The lowest BCUT2D eigenvalue weighted by atomic mass is 10.1. The molecule has 2 N–H and O–H groups in total. The number of hydrogen-bond donors (Lipinski definition) is 2. The molecule has 1 amide bonds. The summed E-state index contributed by atoms with van der Waals surface area (Å²) in [7, 11) is 0. The molecule has 0 bridgehead atoms. The van der Waals surface area contributed by atoms with Crippen molar-refractivity contribution in [3.63, 3.8) is 0 Å². The van der Waals surface area contributed by atoms with Gasteiger partial charge in [0.2, 0.25) is 0 Å². The number of aliphatic hydroxyl groups is 1. The van der Waals surface area contributed by atoms with E-state index in [-0.39, 0.29) is 19.1 Å². The Morgan fingerprint density at radius 3 is 3.00 bits per heavy atom. The molecule has 0 unspecified atom stereocenters. The lowest BCUT2D eigenvalue weighted by molar-refractivity contribution is 0.0947. The number of aryl methyl sites for hydroxylation is 1. The van der Waals surface area contributed by atoms with Gasteiger partial charge in [0.25, 0.3) is 5.91 Å². The number of carbonyl (C=O) groups is 1. The van der Waals surface area contributed by atoms with Crippen molar-refractivity contribution >= 4 is 5.91 Å². The van der Waals surface area contributed by atoms with Crippen LogP contribution in [0.2, 0.25) is 0 Å². The molecule has 0 atom stereocenters. The second kappa shape index (κ2) is 6.55. The van der Waals surface area contributed by atoms with E-state index in [1.165, 1.54) is 6.20 Å². The number of hydrogen-bond acceptors (Lipinski definition) is 4. The highest BCUT2D eigenvalue weighted by molar-refractivity contribution is 5.94. The lowest BCUT2D eigenvalue weighted by Crippen LogP contribution is -2.22. The van der Waals surface area contributed by atoms with Crippen LogP contribution in [-0.4, -0.2) is 22.8 Å². The zero-order valence-corrected chi connectivity index (χ0v) is 11.0. The third kappa shape index (κ3) is 3.70. The minimum Gasteiger partial charge on any atom is -0.384 e. The Morgan fingerprint density at radius 2 is 2.30 bits per heavy atom. The molecule has 1 aromatic heterocycles. The summed E-state index contributed by atoms with van der Waals surface area (Å²) in [5.74, 6) is 5.73. The van der Waals surface area contributed by atoms with Gasteiger partial charge in [-0.05, 0) is 30.7 Å². The van der Waals surface area contributed by atoms with Crippen molar-refractivity contribution in [2.45, 2.75) is 13.5 Å². The van der Waals surface area contributed by atoms with Gasteiger partial charge in [0, 0.05) is 17.2 Å². The van der Waals surface area contributed by atoms with Crippen LogP contribution in [0.5, 0.6) is 0 Å². The fourth-order valence-corrected chi connectivity index (χ4v) is 1.73. The van der Waals surface area contributed by atoms with Crippen molar-refractivity contribution in [1.29, 1.82) is 0 Å². The van der Waals surface area contributed by atoms with E-state index >= 15 is 0 Å². The topological polar surface area (TPSA) is 75.4 Å². The van der Waals surface area contributed by atoms with Gasteiger partial charge in [-0.15, -0.1) is 0 Å². The van der Waals surface area contributed by atoms with Crippen molar-refractivity contribution in [3.05, 3.63) is 52.9 Å². The van der Waals surface area contributed by atoms with E-state index in [1.54, 1.807) is 18.2 Å². The fourth-order valence-electron chi connectivity index (χ4n) is 1.73. The Kier molecular flexibility index (Phi) is 4.53. The lowest BCUT2D eigenvalue weighted by Gasteiger charge is -2.05. The van der Waals surface area contributed by atoms with E-state index in [4.69, 9.17) is 9.63 Å². The molecule has 5 nitrogen and oxygen atoms in total. The SMILES string of the molecule is Cc1cc(C#CCO)cc(C(=O)NCc2ccno2)c1. The highest BCUT2D eigenvalue weighted by Gasteiger charge is 2.08. The van der Waals surface area contributed by atoms with Crippen LogP contribution in [0.4, 0.5) is 0 Å². The number of aromatic nitrogens is 1. The molecular weight excluding hydrogens is 256 g/mol. The maximum atomic E-state index is 12.0. The first-order chi connectivity index (χ1) is 9.69. The van der Waals surface area contributed by atoms with Gasteiger partial charge in [-0.3, -0.25) is 4.79 Å². The molecular formula is C15H14N2O3. The maximum Gasteiger partial charge on any atom is 0.251 e. The van der Waals surface area contributed by atoms with Gasteiger partial charge in [0.1, 0.15) is 6.61 Å². The number of carbonyl (C=O) groups excluding carboxylic acids is 1. The van der Waals surface area contributed by atoms with Crippen LogP contribution in [0.25, 0.3) is 0 Å². The molecule has 0 aliphatic heterocycles. The first kappa shape index (κ1) is 13.8. The Bertz CT molecular complexity index is 651. The molecule has 0 aliphatic carbocycles. The smallest absolute Gasteiger partial charge is 0.251 e. The van der Waals surface area contributed by atoms with E-state index < -0.39 is 0 Å². The Labute approximate surface area is 116 Å². The first-order valence-electron chi connectivity index (χ1n) is 6.08. The number of amides is 1. The van der Waals surface area contributed by atoms with Gasteiger partial charge >= 0.3 is 0 Å². The summed E-state index contributed by atoms with van der Waals surface area (Å²) in [5.41, 5.74) is 2.15. The van der Waals surface area contributed by atoms with Crippen molar-refractivity contribution in [2.24, 2.45) is 0 Å². The Balaban J connectivity index is 2.10. The van der Waals surface area contributed by atoms with Crippen LogP contribution in [-0.2, 0) is 6.54 Å². The van der Waals surface area contributed by atoms with E-state index in [0.29, 0.717) is 16.9 Å². The van der Waals surface area contributed by atoms with Crippen molar-refractivity contribution in [1.82, 2.24) is 10.5 Å². The summed E-state index contributed by atoms with van der Waals surface area (Å²) >= 11 is 0. The van der Waals surface area contributed by atoms with Crippen molar-refractivity contribution < 1.29 is 14.4 Å². The van der Waals surface area contributed by atoms with Crippen LogP contribution >= 0.6 is 0 Å². The third-order valence-electron chi connectivity index (χ3n) is 2.57. The van der Waals surface area contributed by atoms with E-state index in [9.17, 15) is 4.79 Å². The zero-order valence-electron chi connectivity index (χ0n) is 11.0. The second-order valence-electron chi connectivity index (χ2n) is 4.21. The summed E-state index contributed by atoms with van der Waals surface area (Å²) < 4.78 is 4.91. The van der Waals surface area contributed by atoms with Crippen LogP contribution in [0, 0.1) is 18.8 Å². The van der Waals surface area contributed by atoms with Gasteiger partial charge in [0.05, 0.1) is 12.7 Å². The van der Waals surface area contributed by atoms with Gasteiger partial charge in [-0.2, -0.15) is 0 Å². The third-order valence-corrected chi connectivity index (χ3v) is 2.57. The fraction of sp³-hybridized carbons (Fsp3) is 0.200. The molecule has 0 fully saturated rings. The number of rotatable bonds is 3. The van der Waals surface area contributed by atoms with Crippen molar-refractivity contribution in [3.8, 4) is 11.8 Å². The monoisotopic (exact) mass is 270 g/mol. The molecule has 2 aromatic rings. The number of nitrogens with one attached hydrogen (secondary N) is 1. The average molecular weight is 270 g/mol. The quantitative estimate of drug-likeness (QED) is 0.823. The van der Waals surface area contributed by atoms with Gasteiger partial charge < -0.3 is 14.9 Å². The molecule has 0 saturated heterocycles. The predicted octanol–water partition coefficient (Wildman–Crippen LogP) is 1.26. The van der Waals surface area contributed by atoms with Crippen molar-refractivity contribution in [2.75, 3.05) is 6.61 Å². The molecule has 0 spiro atoms. The average Bonchev–Trinajstić information content (AvgIpc) is 2.95. The van der Waals surface area contributed by atoms with Crippen LogP contribution < -0.4 is 5.32 Å². The highest BCUT2D eigenvalue weighted by Crippen LogP contribution is 2.09. The number of aliphatic hydroxyl groups excluding tert-OH is 1. The van der Waals surface area contributed by atoms with E-state index in [1.807, 2.05) is 13.0 Å². The molecule has 2 rings (SSSR count). The van der Waals surface area contributed by atoms with Crippen LogP contribution in [0.15, 0.2) is 35.0 Å². The van der Waals surface area contributed by atoms with Gasteiger partial charge in [0.15, 0.2) is 5.76 Å². The maximum absolute atomic E-state index is 12.0. The summed E-state index contributed by atoms with van der Waals surface area (Å²) in [6.07, 6.45) is 1.52. The summed E-state index contributed by atoms with van der Waals surface area (Å²) in [5, 5.41) is 15.0. The molecule has 0 radical (unpaired) electrons. The number of nitrogens with zero attached hydrogens (tertiary/aromatic N) is 1. The molecule has 0 aliphatic rings. The van der Waals surface area contributed by atoms with E-state index in [2.05, 4.69) is 22.3 Å². The normalized spacial score (nSPS) is 9.70. The predicted molar refractivity (Wildman–Crippen MR) is 72.8 cm³/mol. The molecule has 1 aromatic carbocycles. The molecule has 102 valence electrons. The standard InChI is InChI=1S/C15H14N2O3/c1-11-7-12(3-2-6-18)9-13(8-11)15(19)16-10-14-4-5-17-20-14/h4-5,7-9,18H,6,10H2,1H3,(H,16,19). The molecule has 0 saturated carbocycles. The van der Waals surface area contributed by atoms with Crippen LogP contribution in [0.3, 0.4) is 0 Å². The minimum atomic E-state index is -0.211. The first-order valence-corrected chi connectivity index (χ1v) is 6.08. The molecule has 5 heteroatoms. The Hall–Kier alpha value is -2.58. The summed E-state index contributed by atoms with van der Waals surface area (Å²) in [6.45, 7) is 1.96. The zero-order chi connectivity index (χ0) is 14.4. The molecule has 20 heavy (non-hydrogen) atoms. The minimum absolute atomic E-state index is 0.207. The van der Waals surface area contributed by atoms with Crippen LogP contribution in [0.1, 0.15) is 27.2 Å². The van der Waals surface area contributed by atoms with Gasteiger partial charge in [-0.25, -0.2) is 0 Å².